The average molecular weight is 1120 g/mol. The number of likely N-dealkylation sites (N-methyl/N-ethyl adjacent to an activating group) is 2. The number of aliphatic carboxylic acids is 1. The number of rotatable bonds is 33. The van der Waals surface area contributed by atoms with E-state index in [9.17, 15) is 57.8 Å². The molecule has 0 radical (unpaired) electrons. The Morgan fingerprint density at radius 2 is 1.57 bits per heavy atom. The van der Waals surface area contributed by atoms with E-state index in [2.05, 4.69) is 20.9 Å². The Kier molecular flexibility index (Phi) is 25.8. The Morgan fingerprint density at radius 1 is 0.922 bits per heavy atom. The van der Waals surface area contributed by atoms with E-state index < -0.39 is 73.5 Å². The van der Waals surface area contributed by atoms with Crippen molar-refractivity contribution in [3.05, 3.63) is 52.0 Å². The minimum atomic E-state index is -5.11. The number of phosphoric acid groups is 1. The third-order valence-electron chi connectivity index (χ3n) is 13.2. The summed E-state index contributed by atoms with van der Waals surface area (Å²) in [6, 6.07) is 1.51. The number of imide groups is 1. The number of aromatic nitrogens is 1. The van der Waals surface area contributed by atoms with Crippen LogP contribution in [0.1, 0.15) is 114 Å². The summed E-state index contributed by atoms with van der Waals surface area (Å²) in [5, 5.41) is 20.1. The molecule has 7 atom stereocenters. The monoisotopic (exact) mass is 1120 g/mol. The number of carbonyl (C=O) groups excluding carboxylic acids is 7. The SMILES string of the molecule is CC[C@H](C)[C@H](NC(=O)[C@H]1CCCCN1C)C(=O)N(C)[C@H](C[C@@H](OC(C)=O)c1nc(C(=O)N[C@@H](Cc2ccc(OP(=O)(O)O)c(NC(=O)CCOCCOCCOCCN3C(=O)C=CC3=O)c2)CC(C)C(=O)O)cs1)C(C)C. The zero-order valence-electron chi connectivity index (χ0n) is 45.1. The van der Waals surface area contributed by atoms with Crippen LogP contribution in [0.5, 0.6) is 5.75 Å². The summed E-state index contributed by atoms with van der Waals surface area (Å²) in [7, 11) is -1.55. The van der Waals surface area contributed by atoms with Crippen molar-refractivity contribution in [2.75, 3.05) is 72.1 Å². The number of carboxylic acids is 1. The molecule has 0 aliphatic carbocycles. The first-order valence-corrected chi connectivity index (χ1v) is 28.2. The molecule has 2 aromatic rings. The van der Waals surface area contributed by atoms with E-state index in [4.69, 9.17) is 23.5 Å². The number of carboxylic acid groups (broad SMARTS) is 1. The summed E-state index contributed by atoms with van der Waals surface area (Å²) in [6.07, 6.45) is 4.45. The molecule has 1 aromatic heterocycles. The molecule has 1 aromatic carbocycles. The molecular formula is C51H76N7O17PS. The van der Waals surface area contributed by atoms with Crippen LogP contribution in [0.25, 0.3) is 0 Å². The standard InChI is InChI=1S/C51H76N7O17PS/c1-9-32(4)46(55-48(64)39-12-10-11-18-56(39)7)50(65)57(8)40(31(2)3)29-42(74-34(6)59)49-54-38(30-77-49)47(63)52-36(26-33(5)51(66)67)27-35-13-14-41(75-76(68,69)70)37(28-35)53-43(60)17-20-71-22-24-73-25-23-72-21-19-58-44(61)15-16-45(58)62/h13-16,28,30-33,36,39-40,42,46H,9-12,17-27,29H2,1-8H3,(H,52,63)(H,53,60)(H,55,64)(H,66,67)(H2,68,69,70)/t32-,33?,36+,39+,40+,42+,46-/m0/s1. The van der Waals surface area contributed by atoms with Crippen molar-refractivity contribution in [1.29, 1.82) is 0 Å². The quantitative estimate of drug-likeness (QED) is 0.0256. The van der Waals surface area contributed by atoms with Crippen LogP contribution in [-0.4, -0.2) is 173 Å². The number of phosphoric ester groups is 1. The molecule has 26 heteroatoms. The predicted octanol–water partition coefficient (Wildman–Crippen LogP) is 3.86. The molecule has 2 aliphatic heterocycles. The Morgan fingerprint density at radius 3 is 2.17 bits per heavy atom. The van der Waals surface area contributed by atoms with Gasteiger partial charge >= 0.3 is 19.8 Å². The first-order valence-electron chi connectivity index (χ1n) is 25.8. The molecule has 428 valence electrons. The van der Waals surface area contributed by atoms with Crippen LogP contribution in [0.3, 0.4) is 0 Å². The average Bonchev–Trinajstić information content (AvgIpc) is 3.99. The smallest absolute Gasteiger partial charge is 0.481 e. The van der Waals surface area contributed by atoms with E-state index in [1.54, 1.807) is 11.9 Å². The highest BCUT2D eigenvalue weighted by atomic mass is 32.1. The summed E-state index contributed by atoms with van der Waals surface area (Å²) < 4.78 is 38.9. The third-order valence-corrected chi connectivity index (χ3v) is 14.6. The lowest BCUT2D eigenvalue weighted by Gasteiger charge is -2.38. The number of nitrogens with one attached hydrogen (secondary N) is 3. The van der Waals surface area contributed by atoms with Crippen molar-refractivity contribution in [2.45, 2.75) is 123 Å². The number of carbonyl (C=O) groups is 8. The minimum absolute atomic E-state index is 0.0230. The lowest BCUT2D eigenvalue weighted by molar-refractivity contribution is -0.149. The highest BCUT2D eigenvalue weighted by Crippen LogP contribution is 2.41. The third kappa shape index (κ3) is 20.9. The van der Waals surface area contributed by atoms with E-state index in [0.717, 1.165) is 35.6 Å². The largest absolute Gasteiger partial charge is 0.524 e. The van der Waals surface area contributed by atoms with E-state index in [0.29, 0.717) is 18.4 Å². The zero-order valence-corrected chi connectivity index (χ0v) is 46.8. The summed E-state index contributed by atoms with van der Waals surface area (Å²) in [5.41, 5.74) is 0.234. The number of amides is 6. The molecular weight excluding hydrogens is 1050 g/mol. The Bertz CT molecular complexity index is 2420. The van der Waals surface area contributed by atoms with Crippen molar-refractivity contribution in [1.82, 2.24) is 30.3 Å². The number of hydrogen-bond donors (Lipinski definition) is 6. The second kappa shape index (κ2) is 31.1. The lowest BCUT2D eigenvalue weighted by Crippen LogP contribution is -2.58. The Hall–Kier alpha value is -5.66. The fourth-order valence-electron chi connectivity index (χ4n) is 8.76. The van der Waals surface area contributed by atoms with Crippen LogP contribution >= 0.6 is 19.2 Å². The van der Waals surface area contributed by atoms with Gasteiger partial charge in [-0.25, -0.2) is 9.55 Å². The number of piperidine rings is 1. The molecule has 24 nitrogen and oxygen atoms in total. The van der Waals surface area contributed by atoms with Crippen LogP contribution in [-0.2, 0) is 63.5 Å². The number of hydrogen-bond acceptors (Lipinski definition) is 17. The molecule has 0 saturated carbocycles. The number of anilines is 1. The van der Waals surface area contributed by atoms with Crippen LogP contribution < -0.4 is 20.5 Å². The number of esters is 1. The Labute approximate surface area is 453 Å². The van der Waals surface area contributed by atoms with Gasteiger partial charge in [0.15, 0.2) is 11.9 Å². The summed E-state index contributed by atoms with van der Waals surface area (Å²) >= 11 is 1.06. The maximum atomic E-state index is 14.4. The molecule has 0 spiro atoms. The van der Waals surface area contributed by atoms with E-state index in [-0.39, 0.29) is 124 Å². The van der Waals surface area contributed by atoms with Gasteiger partial charge in [0.25, 0.3) is 17.7 Å². The van der Waals surface area contributed by atoms with Gasteiger partial charge in [-0.05, 0) is 68.8 Å². The van der Waals surface area contributed by atoms with Crippen LogP contribution in [0.15, 0.2) is 35.7 Å². The van der Waals surface area contributed by atoms with Gasteiger partial charge in [-0.3, -0.25) is 57.9 Å². The second-order valence-electron chi connectivity index (χ2n) is 19.6. The minimum Gasteiger partial charge on any atom is -0.481 e. The van der Waals surface area contributed by atoms with Gasteiger partial charge < -0.3 is 49.4 Å². The number of likely N-dealkylation sites (tertiary alicyclic amines) is 1. The summed E-state index contributed by atoms with van der Waals surface area (Å²) in [4.78, 5) is 131. The van der Waals surface area contributed by atoms with Gasteiger partial charge in [-0.2, -0.15) is 0 Å². The topological polar surface area (TPSA) is 319 Å². The molecule has 3 heterocycles. The molecule has 1 saturated heterocycles. The molecule has 1 fully saturated rings. The van der Waals surface area contributed by atoms with E-state index >= 15 is 0 Å². The molecule has 4 rings (SSSR count). The molecule has 0 bridgehead atoms. The van der Waals surface area contributed by atoms with Crippen molar-refractivity contribution in [3.8, 4) is 5.75 Å². The van der Waals surface area contributed by atoms with Crippen molar-refractivity contribution < 1.29 is 81.3 Å². The summed E-state index contributed by atoms with van der Waals surface area (Å²) in [5.74, 6) is -5.99. The fourth-order valence-corrected chi connectivity index (χ4v) is 10.0. The summed E-state index contributed by atoms with van der Waals surface area (Å²) in [6.45, 7) is 12.1. The highest BCUT2D eigenvalue weighted by Gasteiger charge is 2.38. The van der Waals surface area contributed by atoms with Gasteiger partial charge in [-0.1, -0.05) is 53.5 Å². The van der Waals surface area contributed by atoms with E-state index in [1.165, 1.54) is 49.6 Å². The van der Waals surface area contributed by atoms with Crippen molar-refractivity contribution in [3.63, 3.8) is 0 Å². The van der Waals surface area contributed by atoms with Crippen LogP contribution in [0, 0.1) is 17.8 Å². The van der Waals surface area contributed by atoms with Gasteiger partial charge in [0, 0.05) is 50.0 Å². The normalized spacial score (nSPS) is 17.3. The second-order valence-corrected chi connectivity index (χ2v) is 21.6. The van der Waals surface area contributed by atoms with Crippen molar-refractivity contribution in [2.24, 2.45) is 17.8 Å². The first kappa shape index (κ1) is 63.9. The number of nitrogens with zero attached hydrogens (tertiary/aromatic N) is 4. The number of thiazole rings is 1. The first-order chi connectivity index (χ1) is 36.4. The van der Waals surface area contributed by atoms with Gasteiger partial charge in [0.05, 0.1) is 70.3 Å². The Balaban J connectivity index is 1.42. The lowest BCUT2D eigenvalue weighted by atomic mass is 9.92. The predicted molar refractivity (Wildman–Crippen MR) is 281 cm³/mol. The zero-order chi connectivity index (χ0) is 57.0. The van der Waals surface area contributed by atoms with Gasteiger partial charge in [0.2, 0.25) is 17.7 Å². The fraction of sp³-hybridized carbons (Fsp3) is 0.627. The number of ether oxygens (including phenoxy) is 4. The molecule has 6 amide bonds. The van der Waals surface area contributed by atoms with Crippen LogP contribution in [0.4, 0.5) is 5.69 Å². The molecule has 6 N–H and O–H groups in total. The van der Waals surface area contributed by atoms with Crippen molar-refractivity contribution >= 4 is 72.2 Å². The highest BCUT2D eigenvalue weighted by molar-refractivity contribution is 7.46. The maximum Gasteiger partial charge on any atom is 0.524 e. The van der Waals surface area contributed by atoms with Gasteiger partial charge in [-0.15, -0.1) is 11.3 Å². The van der Waals surface area contributed by atoms with Crippen LogP contribution in [0.2, 0.25) is 0 Å². The van der Waals surface area contributed by atoms with Gasteiger partial charge in [0.1, 0.15) is 16.7 Å². The molecule has 1 unspecified atom stereocenters. The number of benzene rings is 1. The van der Waals surface area contributed by atoms with E-state index in [1.807, 2.05) is 39.6 Å². The molecule has 77 heavy (non-hydrogen) atoms. The molecule has 2 aliphatic rings. The maximum absolute atomic E-state index is 14.4.